The monoisotopic (exact) mass is 352 g/mol. The molecule has 3 amide bonds. The molecule has 0 aliphatic heterocycles. The second-order valence-corrected chi connectivity index (χ2v) is 5.30. The van der Waals surface area contributed by atoms with Gasteiger partial charge < -0.3 is 16.4 Å². The molecule has 0 rings (SSSR count). The van der Waals surface area contributed by atoms with Gasteiger partial charge in [-0.1, -0.05) is 0 Å². The van der Waals surface area contributed by atoms with Crippen LogP contribution in [0.4, 0.5) is 8.78 Å². The lowest BCUT2D eigenvalue weighted by molar-refractivity contribution is -0.163. The molecule has 0 aromatic carbocycles. The number of rotatable bonds is 12. The van der Waals surface area contributed by atoms with E-state index < -0.39 is 30.1 Å². The summed E-state index contributed by atoms with van der Waals surface area (Å²) in [5.41, 5.74) is 5.09. The zero-order valence-electron chi connectivity index (χ0n) is 13.8. The summed E-state index contributed by atoms with van der Waals surface area (Å²) >= 11 is 0. The smallest absolute Gasteiger partial charge is 0.242 e. The van der Waals surface area contributed by atoms with Gasteiger partial charge in [-0.05, 0) is 6.42 Å². The molecule has 10 heteroatoms. The van der Waals surface area contributed by atoms with Crippen molar-refractivity contribution in [1.29, 1.82) is 0 Å². The number of carbonyl (C=O) groups excluding carboxylic acids is 3. The largest absolute Gasteiger partial charge is 0.356 e. The third kappa shape index (κ3) is 11.7. The van der Waals surface area contributed by atoms with Crippen molar-refractivity contribution in [2.75, 3.05) is 26.2 Å². The summed E-state index contributed by atoms with van der Waals surface area (Å²) in [4.78, 5) is 33.6. The molecule has 2 atom stereocenters. The fourth-order valence-corrected chi connectivity index (χ4v) is 1.64. The minimum atomic E-state index is -1.42. The molecule has 0 bridgehead atoms. The van der Waals surface area contributed by atoms with Crippen LogP contribution in [0.25, 0.3) is 0 Å². The highest BCUT2D eigenvalue weighted by Gasteiger charge is 2.13. The van der Waals surface area contributed by atoms with Gasteiger partial charge in [-0.15, -0.1) is 0 Å². The van der Waals surface area contributed by atoms with Crippen LogP contribution >= 0.6 is 0 Å². The Labute approximate surface area is 139 Å². The lowest BCUT2D eigenvalue weighted by Crippen LogP contribution is -2.34. The van der Waals surface area contributed by atoms with Crippen molar-refractivity contribution in [3.05, 3.63) is 0 Å². The van der Waals surface area contributed by atoms with Crippen molar-refractivity contribution in [3.63, 3.8) is 0 Å². The standard InChI is InChI=1S/C14H26F2N4O4/c1-10(21)20(24)7-5-12(16)9-19-14(23)3-2-13(22)18-6-4-11(15)8-17/h11-12,24H,2-9,17H2,1H3,(H,18,22)(H,19,23). The van der Waals surface area contributed by atoms with Crippen molar-refractivity contribution in [1.82, 2.24) is 15.7 Å². The fraction of sp³-hybridized carbons (Fsp3) is 0.786. The average molecular weight is 352 g/mol. The molecule has 0 aliphatic carbocycles. The summed E-state index contributed by atoms with van der Waals surface area (Å²) in [6.07, 6.45) is -2.81. The molecule has 0 heterocycles. The quantitative estimate of drug-likeness (QED) is 0.282. The maximum atomic E-state index is 13.5. The Kier molecular flexibility index (Phi) is 11.6. The maximum absolute atomic E-state index is 13.5. The number of hydrogen-bond donors (Lipinski definition) is 4. The molecular weight excluding hydrogens is 326 g/mol. The number of halogens is 2. The van der Waals surface area contributed by atoms with Crippen molar-refractivity contribution in [3.8, 4) is 0 Å². The summed E-state index contributed by atoms with van der Waals surface area (Å²) in [6.45, 7) is 0.728. The lowest BCUT2D eigenvalue weighted by atomic mass is 10.2. The number of hydrogen-bond acceptors (Lipinski definition) is 5. The number of nitrogens with two attached hydrogens (primary N) is 1. The highest BCUT2D eigenvalue weighted by atomic mass is 19.1. The van der Waals surface area contributed by atoms with Crippen LogP contribution in [0.5, 0.6) is 0 Å². The van der Waals surface area contributed by atoms with Gasteiger partial charge in [0.2, 0.25) is 17.7 Å². The van der Waals surface area contributed by atoms with Gasteiger partial charge in [0.05, 0.1) is 6.54 Å². The van der Waals surface area contributed by atoms with Crippen LogP contribution in [0.2, 0.25) is 0 Å². The summed E-state index contributed by atoms with van der Waals surface area (Å²) in [7, 11) is 0. The second-order valence-electron chi connectivity index (χ2n) is 5.30. The zero-order valence-corrected chi connectivity index (χ0v) is 13.8. The van der Waals surface area contributed by atoms with E-state index in [9.17, 15) is 23.2 Å². The molecular formula is C14H26F2N4O4. The average Bonchev–Trinajstić information content (AvgIpc) is 2.55. The number of alkyl halides is 2. The second kappa shape index (κ2) is 12.6. The van der Waals surface area contributed by atoms with E-state index in [1.807, 2.05) is 0 Å². The number of amides is 3. The summed E-state index contributed by atoms with van der Waals surface area (Å²) in [5.74, 6) is -1.49. The van der Waals surface area contributed by atoms with E-state index in [4.69, 9.17) is 10.9 Å². The third-order valence-corrected chi connectivity index (χ3v) is 3.15. The molecule has 24 heavy (non-hydrogen) atoms. The van der Waals surface area contributed by atoms with E-state index in [-0.39, 0.29) is 51.9 Å². The Balaban J connectivity index is 3.74. The van der Waals surface area contributed by atoms with Crippen molar-refractivity contribution in [2.24, 2.45) is 5.73 Å². The van der Waals surface area contributed by atoms with E-state index in [1.165, 1.54) is 0 Å². The molecule has 0 aromatic heterocycles. The molecule has 0 aromatic rings. The van der Waals surface area contributed by atoms with Crippen LogP contribution in [-0.2, 0) is 14.4 Å². The molecule has 140 valence electrons. The van der Waals surface area contributed by atoms with Gasteiger partial charge in [-0.25, -0.2) is 13.8 Å². The van der Waals surface area contributed by atoms with E-state index in [1.54, 1.807) is 0 Å². The Morgan fingerprint density at radius 1 is 1.08 bits per heavy atom. The van der Waals surface area contributed by atoms with E-state index in [0.29, 0.717) is 5.06 Å². The SMILES string of the molecule is CC(=O)N(O)CCC(F)CNC(=O)CCC(=O)NCCC(F)CN. The normalized spacial score (nSPS) is 13.0. The minimum absolute atomic E-state index is 0.0862. The molecule has 0 saturated heterocycles. The first kappa shape index (κ1) is 22.2. The number of nitrogens with zero attached hydrogens (tertiary/aromatic N) is 1. The van der Waals surface area contributed by atoms with Crippen LogP contribution in [0.1, 0.15) is 32.6 Å². The lowest BCUT2D eigenvalue weighted by Gasteiger charge is -2.14. The molecule has 0 aliphatic rings. The predicted molar refractivity (Wildman–Crippen MR) is 82.5 cm³/mol. The van der Waals surface area contributed by atoms with Crippen molar-refractivity contribution < 1.29 is 28.4 Å². The van der Waals surface area contributed by atoms with Crippen LogP contribution in [0.3, 0.4) is 0 Å². The summed E-state index contributed by atoms with van der Waals surface area (Å²) < 4.78 is 26.3. The molecule has 5 N–H and O–H groups in total. The zero-order chi connectivity index (χ0) is 18.5. The van der Waals surface area contributed by atoms with Crippen molar-refractivity contribution in [2.45, 2.75) is 45.0 Å². The predicted octanol–water partition coefficient (Wildman–Crippen LogP) is -0.348. The molecule has 2 unspecified atom stereocenters. The molecule has 0 spiro atoms. The van der Waals surface area contributed by atoms with E-state index in [0.717, 1.165) is 6.92 Å². The summed E-state index contributed by atoms with van der Waals surface area (Å²) in [5, 5.41) is 14.2. The van der Waals surface area contributed by atoms with Crippen LogP contribution in [-0.4, -0.2) is 66.5 Å². The van der Waals surface area contributed by atoms with Gasteiger partial charge in [0, 0.05) is 45.8 Å². The van der Waals surface area contributed by atoms with Gasteiger partial charge in [0.15, 0.2) is 0 Å². The van der Waals surface area contributed by atoms with E-state index in [2.05, 4.69) is 10.6 Å². The Morgan fingerprint density at radius 3 is 2.21 bits per heavy atom. The number of carbonyl (C=O) groups is 3. The third-order valence-electron chi connectivity index (χ3n) is 3.15. The molecule has 0 fully saturated rings. The Morgan fingerprint density at radius 2 is 1.67 bits per heavy atom. The molecule has 8 nitrogen and oxygen atoms in total. The van der Waals surface area contributed by atoms with Crippen molar-refractivity contribution >= 4 is 17.7 Å². The van der Waals surface area contributed by atoms with Gasteiger partial charge in [0.25, 0.3) is 0 Å². The van der Waals surface area contributed by atoms with Crippen LogP contribution in [0.15, 0.2) is 0 Å². The Hall–Kier alpha value is -1.81. The highest BCUT2D eigenvalue weighted by Crippen LogP contribution is 1.99. The fourth-order valence-electron chi connectivity index (χ4n) is 1.64. The van der Waals surface area contributed by atoms with Crippen LogP contribution in [0, 0.1) is 0 Å². The van der Waals surface area contributed by atoms with Gasteiger partial charge >= 0.3 is 0 Å². The van der Waals surface area contributed by atoms with E-state index >= 15 is 0 Å². The van der Waals surface area contributed by atoms with Gasteiger partial charge in [-0.3, -0.25) is 19.6 Å². The maximum Gasteiger partial charge on any atom is 0.242 e. The minimum Gasteiger partial charge on any atom is -0.356 e. The van der Waals surface area contributed by atoms with Crippen LogP contribution < -0.4 is 16.4 Å². The number of hydroxylamine groups is 2. The number of nitrogens with one attached hydrogen (secondary N) is 2. The first-order valence-electron chi connectivity index (χ1n) is 7.74. The molecule has 0 radical (unpaired) electrons. The summed E-state index contributed by atoms with van der Waals surface area (Å²) in [6, 6.07) is 0. The highest BCUT2D eigenvalue weighted by molar-refractivity contribution is 5.83. The first-order valence-corrected chi connectivity index (χ1v) is 7.74. The topological polar surface area (TPSA) is 125 Å². The van der Waals surface area contributed by atoms with Gasteiger partial charge in [0.1, 0.15) is 12.3 Å². The molecule has 0 saturated carbocycles. The van der Waals surface area contributed by atoms with Gasteiger partial charge in [-0.2, -0.15) is 0 Å². The Bertz CT molecular complexity index is 412. The first-order chi connectivity index (χ1) is 11.3.